The average molecular weight is 330 g/mol. The van der Waals surface area contributed by atoms with Crippen LogP contribution >= 0.6 is 34.5 Å². The van der Waals surface area contributed by atoms with Crippen molar-refractivity contribution in [3.63, 3.8) is 0 Å². The summed E-state index contributed by atoms with van der Waals surface area (Å²) in [5, 5.41) is 12.1. The van der Waals surface area contributed by atoms with Crippen molar-refractivity contribution in [2.75, 3.05) is 11.9 Å². The van der Waals surface area contributed by atoms with E-state index in [0.29, 0.717) is 17.1 Å². The number of hydrogen-bond acceptors (Lipinski definition) is 4. The lowest BCUT2D eigenvalue weighted by Gasteiger charge is -2.20. The molecule has 4 nitrogen and oxygen atoms in total. The molecule has 0 unspecified atom stereocenters. The van der Waals surface area contributed by atoms with Gasteiger partial charge in [-0.3, -0.25) is 0 Å². The Morgan fingerprint density at radius 2 is 2.10 bits per heavy atom. The normalized spacial score (nSPS) is 11.7. The van der Waals surface area contributed by atoms with Crippen LogP contribution in [0.3, 0.4) is 0 Å². The molecule has 0 fully saturated rings. The fourth-order valence-electron chi connectivity index (χ4n) is 1.79. The van der Waals surface area contributed by atoms with Gasteiger partial charge in [0, 0.05) is 17.5 Å². The molecule has 0 spiro atoms. The highest BCUT2D eigenvalue weighted by Gasteiger charge is 2.10. The summed E-state index contributed by atoms with van der Waals surface area (Å²) in [6.07, 6.45) is 0. The van der Waals surface area contributed by atoms with Crippen molar-refractivity contribution >= 4 is 46.1 Å². The van der Waals surface area contributed by atoms with E-state index in [1.807, 2.05) is 30.1 Å². The molecule has 1 aromatic heterocycles. The molecule has 106 valence electrons. The van der Waals surface area contributed by atoms with E-state index in [4.69, 9.17) is 34.1 Å². The van der Waals surface area contributed by atoms with Gasteiger partial charge in [-0.1, -0.05) is 28.4 Å². The van der Waals surface area contributed by atoms with Crippen molar-refractivity contribution in [3.05, 3.63) is 50.1 Å². The quantitative estimate of drug-likeness (QED) is 0.388. The highest BCUT2D eigenvalue weighted by molar-refractivity contribution is 7.16. The Morgan fingerprint density at radius 3 is 2.65 bits per heavy atom. The van der Waals surface area contributed by atoms with Crippen molar-refractivity contribution in [2.45, 2.75) is 6.54 Å². The van der Waals surface area contributed by atoms with Crippen LogP contribution in [0.15, 0.2) is 35.5 Å². The Morgan fingerprint density at radius 1 is 1.35 bits per heavy atom. The predicted octanol–water partition coefficient (Wildman–Crippen LogP) is 3.79. The lowest BCUT2D eigenvalue weighted by Crippen LogP contribution is -2.17. The van der Waals surface area contributed by atoms with Crippen LogP contribution < -0.4 is 10.6 Å². The van der Waals surface area contributed by atoms with Crippen molar-refractivity contribution in [3.8, 4) is 0 Å². The van der Waals surface area contributed by atoms with E-state index in [1.165, 1.54) is 11.3 Å². The maximum absolute atomic E-state index is 8.65. The van der Waals surface area contributed by atoms with Gasteiger partial charge in [0.1, 0.15) is 0 Å². The molecule has 0 aliphatic rings. The topological polar surface area (TPSA) is 61.8 Å². The number of halogens is 2. The number of nitrogens with two attached hydrogens (primary N) is 1. The fourth-order valence-corrected chi connectivity index (χ4v) is 3.26. The molecule has 0 amide bonds. The van der Waals surface area contributed by atoms with Crippen LogP contribution in [0.1, 0.15) is 10.4 Å². The van der Waals surface area contributed by atoms with E-state index in [-0.39, 0.29) is 5.84 Å². The third-order valence-electron chi connectivity index (χ3n) is 2.78. The van der Waals surface area contributed by atoms with E-state index >= 15 is 0 Å². The highest BCUT2D eigenvalue weighted by atomic mass is 35.5. The molecule has 3 N–H and O–H groups in total. The standard InChI is InChI=1S/C13H13Cl2N3OS/c1-18(7-9-3-5-12(15)20-9)11-4-2-8(6-10(11)14)13(16)17-19/h2-6,19H,7H2,1H3,(H2,16,17). The Bertz CT molecular complexity index is 642. The number of benzene rings is 1. The Labute approximate surface area is 131 Å². The van der Waals surface area contributed by atoms with Gasteiger partial charge >= 0.3 is 0 Å². The second-order valence-electron chi connectivity index (χ2n) is 4.21. The van der Waals surface area contributed by atoms with Crippen molar-refractivity contribution in [2.24, 2.45) is 10.9 Å². The molecule has 7 heteroatoms. The molecule has 1 aromatic carbocycles. The maximum Gasteiger partial charge on any atom is 0.170 e. The van der Waals surface area contributed by atoms with Gasteiger partial charge in [-0.25, -0.2) is 0 Å². The Kier molecular flexibility index (Phi) is 4.75. The average Bonchev–Trinajstić information content (AvgIpc) is 2.82. The number of anilines is 1. The molecular formula is C13H13Cl2N3OS. The summed E-state index contributed by atoms with van der Waals surface area (Å²) in [5.74, 6) is 0.0335. The summed E-state index contributed by atoms with van der Waals surface area (Å²) in [4.78, 5) is 3.16. The minimum atomic E-state index is 0.0335. The molecule has 2 aromatic rings. The van der Waals surface area contributed by atoms with E-state index < -0.39 is 0 Å². The number of rotatable bonds is 4. The Balaban J connectivity index is 2.20. The summed E-state index contributed by atoms with van der Waals surface area (Å²) in [5.41, 5.74) is 6.97. The van der Waals surface area contributed by atoms with E-state index in [9.17, 15) is 0 Å². The first-order chi connectivity index (χ1) is 9.51. The first-order valence-electron chi connectivity index (χ1n) is 5.74. The number of thiophene rings is 1. The lowest BCUT2D eigenvalue weighted by atomic mass is 10.2. The zero-order valence-electron chi connectivity index (χ0n) is 10.7. The molecule has 0 bridgehead atoms. The number of nitrogens with zero attached hydrogens (tertiary/aromatic N) is 2. The van der Waals surface area contributed by atoms with Crippen LogP contribution in [0, 0.1) is 0 Å². The summed E-state index contributed by atoms with van der Waals surface area (Å²) < 4.78 is 0.766. The monoisotopic (exact) mass is 329 g/mol. The molecule has 0 atom stereocenters. The van der Waals surface area contributed by atoms with Crippen LogP contribution in [0.5, 0.6) is 0 Å². The van der Waals surface area contributed by atoms with Gasteiger partial charge in [0.25, 0.3) is 0 Å². The molecule has 1 heterocycles. The third-order valence-corrected chi connectivity index (χ3v) is 4.30. The molecule has 0 saturated carbocycles. The molecular weight excluding hydrogens is 317 g/mol. The summed E-state index contributed by atoms with van der Waals surface area (Å²) >= 11 is 13.7. The van der Waals surface area contributed by atoms with Gasteiger partial charge in [0.15, 0.2) is 5.84 Å². The summed E-state index contributed by atoms with van der Waals surface area (Å²) in [6.45, 7) is 0.708. The van der Waals surface area contributed by atoms with Crippen LogP contribution in [0.4, 0.5) is 5.69 Å². The minimum absolute atomic E-state index is 0.0335. The Hall–Kier alpha value is -1.43. The second kappa shape index (κ2) is 6.35. The SMILES string of the molecule is CN(Cc1ccc(Cl)s1)c1ccc(C(N)=NO)cc1Cl. The fraction of sp³-hybridized carbons (Fsp3) is 0.154. The number of hydrogen-bond donors (Lipinski definition) is 2. The third kappa shape index (κ3) is 3.36. The maximum atomic E-state index is 8.65. The van der Waals surface area contributed by atoms with Gasteiger partial charge in [-0.2, -0.15) is 0 Å². The summed E-state index contributed by atoms with van der Waals surface area (Å²) in [6, 6.07) is 9.13. The first kappa shape index (κ1) is 15.0. The zero-order valence-corrected chi connectivity index (χ0v) is 13.0. The van der Waals surface area contributed by atoms with E-state index in [2.05, 4.69) is 5.16 Å². The van der Waals surface area contributed by atoms with Crippen LogP contribution in [-0.2, 0) is 6.54 Å². The number of oxime groups is 1. The summed E-state index contributed by atoms with van der Waals surface area (Å²) in [7, 11) is 1.94. The van der Waals surface area contributed by atoms with Gasteiger partial charge in [-0.05, 0) is 30.3 Å². The van der Waals surface area contributed by atoms with Crippen molar-refractivity contribution in [1.82, 2.24) is 0 Å². The molecule has 0 aliphatic carbocycles. The predicted molar refractivity (Wildman–Crippen MR) is 85.4 cm³/mol. The number of amidine groups is 1. The minimum Gasteiger partial charge on any atom is -0.409 e. The van der Waals surface area contributed by atoms with Crippen LogP contribution in [0.2, 0.25) is 9.36 Å². The smallest absolute Gasteiger partial charge is 0.170 e. The molecule has 0 saturated heterocycles. The molecule has 0 aliphatic heterocycles. The highest BCUT2D eigenvalue weighted by Crippen LogP contribution is 2.29. The van der Waals surface area contributed by atoms with Crippen LogP contribution in [0.25, 0.3) is 0 Å². The molecule has 2 rings (SSSR count). The molecule has 20 heavy (non-hydrogen) atoms. The van der Waals surface area contributed by atoms with Gasteiger partial charge in [-0.15, -0.1) is 11.3 Å². The van der Waals surface area contributed by atoms with Gasteiger partial charge in [0.2, 0.25) is 0 Å². The lowest BCUT2D eigenvalue weighted by molar-refractivity contribution is 0.318. The second-order valence-corrected chi connectivity index (χ2v) is 6.42. The van der Waals surface area contributed by atoms with Crippen molar-refractivity contribution in [1.29, 1.82) is 0 Å². The first-order valence-corrected chi connectivity index (χ1v) is 7.31. The van der Waals surface area contributed by atoms with E-state index in [1.54, 1.807) is 12.1 Å². The van der Waals surface area contributed by atoms with Crippen molar-refractivity contribution < 1.29 is 5.21 Å². The zero-order chi connectivity index (χ0) is 14.7. The van der Waals surface area contributed by atoms with E-state index in [0.717, 1.165) is 14.9 Å². The van der Waals surface area contributed by atoms with Crippen LogP contribution in [-0.4, -0.2) is 18.1 Å². The van der Waals surface area contributed by atoms with Gasteiger partial charge < -0.3 is 15.8 Å². The largest absolute Gasteiger partial charge is 0.409 e. The molecule has 0 radical (unpaired) electrons. The van der Waals surface area contributed by atoms with Gasteiger partial charge in [0.05, 0.1) is 21.6 Å².